The topological polar surface area (TPSA) is 38.3 Å². The maximum absolute atomic E-state index is 11.0. The van der Waals surface area contributed by atoms with Crippen molar-refractivity contribution in [2.45, 2.75) is 6.54 Å². The van der Waals surface area contributed by atoms with Crippen LogP contribution in [0.25, 0.3) is 0 Å². The zero-order valence-corrected chi connectivity index (χ0v) is 9.46. The molecule has 84 valence electrons. The standard InChI is InChI=1S/C12H12ClNO2/c1-2-7-16-11-6-4-3-5-10(11)9-14-12(15)8-13/h1,3-6H,7-9H2,(H,14,15). The van der Waals surface area contributed by atoms with Gasteiger partial charge in [0.25, 0.3) is 0 Å². The monoisotopic (exact) mass is 237 g/mol. The van der Waals surface area contributed by atoms with Crippen molar-refractivity contribution in [3.63, 3.8) is 0 Å². The zero-order valence-electron chi connectivity index (χ0n) is 8.70. The molecule has 0 fully saturated rings. The summed E-state index contributed by atoms with van der Waals surface area (Å²) in [4.78, 5) is 11.0. The highest BCUT2D eigenvalue weighted by molar-refractivity contribution is 6.27. The number of terminal acetylenes is 1. The third-order valence-corrected chi connectivity index (χ3v) is 2.12. The normalized spacial score (nSPS) is 9.25. The summed E-state index contributed by atoms with van der Waals surface area (Å²) in [5, 5.41) is 2.66. The molecule has 0 radical (unpaired) electrons. The first-order chi connectivity index (χ1) is 7.77. The van der Waals surface area contributed by atoms with E-state index in [1.54, 1.807) is 6.07 Å². The molecule has 1 aromatic rings. The number of ether oxygens (including phenoxy) is 1. The third-order valence-electron chi connectivity index (χ3n) is 1.88. The van der Waals surface area contributed by atoms with Crippen molar-refractivity contribution < 1.29 is 9.53 Å². The molecule has 0 aliphatic carbocycles. The number of carbonyl (C=O) groups excluding carboxylic acids is 1. The van der Waals surface area contributed by atoms with Gasteiger partial charge in [0.2, 0.25) is 5.91 Å². The first-order valence-electron chi connectivity index (χ1n) is 4.74. The van der Waals surface area contributed by atoms with E-state index in [0.29, 0.717) is 12.3 Å². The Balaban J connectivity index is 2.64. The van der Waals surface area contributed by atoms with Crippen LogP contribution in [-0.4, -0.2) is 18.4 Å². The van der Waals surface area contributed by atoms with Crippen molar-refractivity contribution in [3.8, 4) is 18.1 Å². The first kappa shape index (κ1) is 12.4. The van der Waals surface area contributed by atoms with E-state index < -0.39 is 0 Å². The Hall–Kier alpha value is -1.66. The molecule has 0 aliphatic heterocycles. The van der Waals surface area contributed by atoms with Crippen LogP contribution in [0.2, 0.25) is 0 Å². The van der Waals surface area contributed by atoms with Gasteiger partial charge in [-0.15, -0.1) is 18.0 Å². The average Bonchev–Trinajstić information content (AvgIpc) is 2.34. The van der Waals surface area contributed by atoms with Gasteiger partial charge >= 0.3 is 0 Å². The minimum atomic E-state index is -0.214. The average molecular weight is 238 g/mol. The molecule has 0 atom stereocenters. The van der Waals surface area contributed by atoms with Gasteiger partial charge in [0.05, 0.1) is 0 Å². The summed E-state index contributed by atoms with van der Waals surface area (Å²) in [6.07, 6.45) is 5.11. The summed E-state index contributed by atoms with van der Waals surface area (Å²) in [5.41, 5.74) is 0.871. The summed E-state index contributed by atoms with van der Waals surface area (Å²) in [5.74, 6) is 2.80. The van der Waals surface area contributed by atoms with Crippen molar-refractivity contribution in [2.75, 3.05) is 12.5 Å². The molecular formula is C12H12ClNO2. The lowest BCUT2D eigenvalue weighted by molar-refractivity contribution is -0.118. The molecule has 1 aromatic carbocycles. The van der Waals surface area contributed by atoms with Gasteiger partial charge in [-0.3, -0.25) is 4.79 Å². The number of hydrogen-bond donors (Lipinski definition) is 1. The molecule has 1 amide bonds. The van der Waals surface area contributed by atoms with E-state index in [0.717, 1.165) is 5.56 Å². The number of halogens is 1. The largest absolute Gasteiger partial charge is 0.481 e. The highest BCUT2D eigenvalue weighted by Gasteiger charge is 2.04. The number of nitrogens with one attached hydrogen (secondary N) is 1. The minimum Gasteiger partial charge on any atom is -0.481 e. The van der Waals surface area contributed by atoms with Crippen molar-refractivity contribution in [2.24, 2.45) is 0 Å². The van der Waals surface area contributed by atoms with Crippen molar-refractivity contribution >= 4 is 17.5 Å². The smallest absolute Gasteiger partial charge is 0.235 e. The Labute approximate surface area is 99.7 Å². The zero-order chi connectivity index (χ0) is 11.8. The fourth-order valence-electron chi connectivity index (χ4n) is 1.15. The molecule has 1 rings (SSSR count). The first-order valence-corrected chi connectivity index (χ1v) is 5.28. The maximum atomic E-state index is 11.0. The molecule has 4 heteroatoms. The van der Waals surface area contributed by atoms with E-state index in [2.05, 4.69) is 11.2 Å². The van der Waals surface area contributed by atoms with Gasteiger partial charge in [-0.1, -0.05) is 24.1 Å². The minimum absolute atomic E-state index is 0.0482. The summed E-state index contributed by atoms with van der Waals surface area (Å²) in [7, 11) is 0. The number of carbonyl (C=O) groups is 1. The lowest BCUT2D eigenvalue weighted by Gasteiger charge is -2.09. The fourth-order valence-corrected chi connectivity index (χ4v) is 1.25. The Morgan fingerprint density at radius 2 is 2.25 bits per heavy atom. The predicted octanol–water partition coefficient (Wildman–Crippen LogP) is 1.55. The SMILES string of the molecule is C#CCOc1ccccc1CNC(=O)CCl. The Bertz CT molecular complexity index is 398. The molecule has 0 saturated heterocycles. The molecule has 0 saturated carbocycles. The van der Waals surface area contributed by atoms with E-state index in [9.17, 15) is 4.79 Å². The van der Waals surface area contributed by atoms with Crippen LogP contribution in [0.5, 0.6) is 5.75 Å². The summed E-state index contributed by atoms with van der Waals surface area (Å²) in [6.45, 7) is 0.590. The number of hydrogen-bond acceptors (Lipinski definition) is 2. The molecule has 16 heavy (non-hydrogen) atoms. The molecule has 0 spiro atoms. The van der Waals surface area contributed by atoms with E-state index in [-0.39, 0.29) is 18.4 Å². The van der Waals surface area contributed by atoms with E-state index in [1.165, 1.54) is 0 Å². The Morgan fingerprint density at radius 1 is 1.50 bits per heavy atom. The molecule has 3 nitrogen and oxygen atoms in total. The molecule has 0 bridgehead atoms. The van der Waals surface area contributed by atoms with Crippen molar-refractivity contribution in [1.29, 1.82) is 0 Å². The van der Waals surface area contributed by atoms with Crippen LogP contribution >= 0.6 is 11.6 Å². The second-order valence-electron chi connectivity index (χ2n) is 3.01. The number of rotatable bonds is 5. The molecular weight excluding hydrogens is 226 g/mol. The maximum Gasteiger partial charge on any atom is 0.235 e. The summed E-state index contributed by atoms with van der Waals surface area (Å²) < 4.78 is 5.33. The highest BCUT2D eigenvalue weighted by atomic mass is 35.5. The van der Waals surface area contributed by atoms with Gasteiger partial charge in [0.15, 0.2) is 0 Å². The van der Waals surface area contributed by atoms with Gasteiger partial charge < -0.3 is 10.1 Å². The van der Waals surface area contributed by atoms with Gasteiger partial charge in [0.1, 0.15) is 18.2 Å². The second kappa shape index (κ2) is 6.76. The van der Waals surface area contributed by atoms with Crippen LogP contribution in [0.4, 0.5) is 0 Å². The molecule has 1 N–H and O–H groups in total. The van der Waals surface area contributed by atoms with Crippen LogP contribution in [0.1, 0.15) is 5.56 Å². The van der Waals surface area contributed by atoms with Crippen LogP contribution in [-0.2, 0) is 11.3 Å². The lowest BCUT2D eigenvalue weighted by atomic mass is 10.2. The van der Waals surface area contributed by atoms with Gasteiger partial charge in [-0.25, -0.2) is 0 Å². The number of alkyl halides is 1. The number of para-hydroxylation sites is 1. The van der Waals surface area contributed by atoms with Gasteiger partial charge in [-0.2, -0.15) is 0 Å². The van der Waals surface area contributed by atoms with E-state index >= 15 is 0 Å². The van der Waals surface area contributed by atoms with E-state index in [1.807, 2.05) is 18.2 Å². The quantitative estimate of drug-likeness (QED) is 0.624. The molecule has 0 aromatic heterocycles. The summed E-state index contributed by atoms with van der Waals surface area (Å²) in [6, 6.07) is 7.38. The summed E-state index contributed by atoms with van der Waals surface area (Å²) >= 11 is 5.37. The van der Waals surface area contributed by atoms with Gasteiger partial charge in [0, 0.05) is 12.1 Å². The van der Waals surface area contributed by atoms with Crippen LogP contribution in [0.3, 0.4) is 0 Å². The number of amides is 1. The van der Waals surface area contributed by atoms with Crippen molar-refractivity contribution in [3.05, 3.63) is 29.8 Å². The van der Waals surface area contributed by atoms with E-state index in [4.69, 9.17) is 22.8 Å². The molecule has 0 aliphatic rings. The third kappa shape index (κ3) is 3.84. The predicted molar refractivity (Wildman–Crippen MR) is 63.3 cm³/mol. The number of benzene rings is 1. The second-order valence-corrected chi connectivity index (χ2v) is 3.28. The van der Waals surface area contributed by atoms with Crippen LogP contribution < -0.4 is 10.1 Å². The Kier molecular flexibility index (Phi) is 5.24. The van der Waals surface area contributed by atoms with Crippen molar-refractivity contribution in [1.82, 2.24) is 5.32 Å². The van der Waals surface area contributed by atoms with Crippen LogP contribution in [0.15, 0.2) is 24.3 Å². The highest BCUT2D eigenvalue weighted by Crippen LogP contribution is 2.17. The lowest BCUT2D eigenvalue weighted by Crippen LogP contribution is -2.23. The fraction of sp³-hybridized carbons (Fsp3) is 0.250. The van der Waals surface area contributed by atoms with Gasteiger partial charge in [-0.05, 0) is 6.07 Å². The van der Waals surface area contributed by atoms with Crippen LogP contribution in [0, 0.1) is 12.3 Å². The molecule has 0 heterocycles. The molecule has 0 unspecified atom stereocenters. The Morgan fingerprint density at radius 3 is 2.94 bits per heavy atom.